The average molecular weight is 593 g/mol. The van der Waals surface area contributed by atoms with E-state index in [0.717, 1.165) is 5.56 Å². The van der Waals surface area contributed by atoms with E-state index in [-0.39, 0.29) is 79.6 Å². The molecule has 0 spiro atoms. The highest BCUT2D eigenvalue weighted by atomic mass is 35.5. The van der Waals surface area contributed by atoms with Crippen molar-refractivity contribution in [3.8, 4) is 0 Å². The van der Waals surface area contributed by atoms with E-state index in [2.05, 4.69) is 0 Å². The van der Waals surface area contributed by atoms with Crippen LogP contribution in [-0.4, -0.2) is 114 Å². The number of benzene rings is 1. The Bertz CT molecular complexity index is 791. The maximum absolute atomic E-state index is 12.1. The lowest BCUT2D eigenvalue weighted by Crippen LogP contribution is -3.26. The largest absolute Gasteiger partial charge is 1.00 e. The van der Waals surface area contributed by atoms with Crippen LogP contribution in [0.2, 0.25) is 0 Å². The molecule has 0 saturated heterocycles. The van der Waals surface area contributed by atoms with E-state index in [1.165, 1.54) is 0 Å². The van der Waals surface area contributed by atoms with Crippen molar-refractivity contribution >= 4 is 29.8 Å². The molecule has 37 heavy (non-hydrogen) atoms. The highest BCUT2D eigenvalue weighted by Gasteiger charge is 2.33. The van der Waals surface area contributed by atoms with Gasteiger partial charge in [-0.3, -0.25) is 0 Å². The Labute approximate surface area is 231 Å². The van der Waals surface area contributed by atoms with Gasteiger partial charge < -0.3 is 77.5 Å². The minimum absolute atomic E-state index is 0. The van der Waals surface area contributed by atoms with Crippen LogP contribution in [0.25, 0.3) is 0 Å². The normalized spacial score (nSPS) is 11.1. The number of rotatable bonds is 18. The molecule has 0 aliphatic heterocycles. The number of carboxylic acid groups (broad SMARTS) is 5. The van der Waals surface area contributed by atoms with Gasteiger partial charge in [-0.25, -0.2) is 24.0 Å². The van der Waals surface area contributed by atoms with Crippen molar-refractivity contribution < 1.29 is 101 Å². The summed E-state index contributed by atoms with van der Waals surface area (Å²) in [5.41, 5.74) is 0.743. The number of aliphatic carboxylic acids is 5. The summed E-state index contributed by atoms with van der Waals surface area (Å²) in [5, 5.41) is 46.2. The van der Waals surface area contributed by atoms with Crippen molar-refractivity contribution in [1.82, 2.24) is 0 Å². The van der Waals surface area contributed by atoms with Crippen LogP contribution >= 0.6 is 0 Å². The number of quaternary nitrogens is 3. The second kappa shape index (κ2) is 20.4. The first-order chi connectivity index (χ1) is 16.0. The fourth-order valence-corrected chi connectivity index (χ4v) is 3.74. The molecular formula is C21H32Cl3N3O10. The van der Waals surface area contributed by atoms with Crippen molar-refractivity contribution in [3.63, 3.8) is 0 Å². The van der Waals surface area contributed by atoms with Gasteiger partial charge in [-0.1, -0.05) is 30.3 Å². The van der Waals surface area contributed by atoms with Crippen LogP contribution in [0.1, 0.15) is 5.56 Å². The maximum atomic E-state index is 12.1. The second-order valence-electron chi connectivity index (χ2n) is 8.02. The second-order valence-corrected chi connectivity index (χ2v) is 8.02. The summed E-state index contributed by atoms with van der Waals surface area (Å²) < 4.78 is 0. The Morgan fingerprint density at radius 3 is 1.24 bits per heavy atom. The number of hydrogen-bond acceptors (Lipinski definition) is 5. The highest BCUT2D eigenvalue weighted by Crippen LogP contribution is 2.01. The predicted molar refractivity (Wildman–Crippen MR) is 114 cm³/mol. The van der Waals surface area contributed by atoms with Gasteiger partial charge in [-0.15, -0.1) is 0 Å². The summed E-state index contributed by atoms with van der Waals surface area (Å²) in [5.74, 6) is -5.92. The molecular weight excluding hydrogens is 561 g/mol. The van der Waals surface area contributed by atoms with Gasteiger partial charge in [0, 0.05) is 6.42 Å². The Morgan fingerprint density at radius 1 is 0.595 bits per heavy atom. The van der Waals surface area contributed by atoms with Crippen molar-refractivity contribution in [1.29, 1.82) is 0 Å². The minimum atomic E-state index is -1.20. The molecule has 8 N–H and O–H groups in total. The summed E-state index contributed by atoms with van der Waals surface area (Å²) in [4.78, 5) is 57.5. The molecule has 1 atom stereocenters. The first-order valence-electron chi connectivity index (χ1n) is 10.6. The molecule has 0 aliphatic carbocycles. The highest BCUT2D eigenvalue weighted by molar-refractivity contribution is 5.72. The van der Waals surface area contributed by atoms with Gasteiger partial charge >= 0.3 is 29.8 Å². The van der Waals surface area contributed by atoms with E-state index in [9.17, 15) is 29.1 Å². The molecule has 13 nitrogen and oxygen atoms in total. The van der Waals surface area contributed by atoms with Crippen LogP contribution in [0.3, 0.4) is 0 Å². The third-order valence-corrected chi connectivity index (χ3v) is 5.28. The number of carbonyl (C=O) groups is 5. The van der Waals surface area contributed by atoms with Crippen molar-refractivity contribution in [2.75, 3.05) is 52.4 Å². The van der Waals surface area contributed by atoms with Crippen LogP contribution in [0.15, 0.2) is 30.3 Å². The summed E-state index contributed by atoms with van der Waals surface area (Å²) in [6.45, 7) is -1.60. The SMILES string of the molecule is O=C(O)C[NH+](CC[NH+](CC[NH+](CC(=O)O)CC(=O)O)[C@H](Cc1ccccc1)C(=O)O)CC(=O)O.[Cl-].[Cl-].[Cl-]. The van der Waals surface area contributed by atoms with Crippen molar-refractivity contribution in [2.45, 2.75) is 12.5 Å². The topological polar surface area (TPSA) is 200 Å². The van der Waals surface area contributed by atoms with E-state index < -0.39 is 62.1 Å². The smallest absolute Gasteiger partial charge is 0.362 e. The summed E-state index contributed by atoms with van der Waals surface area (Å²) in [6, 6.07) is 7.81. The Kier molecular flexibility index (Phi) is 21.4. The molecule has 0 heterocycles. The Hall–Kier alpha value is -2.68. The molecule has 16 heteroatoms. The molecule has 0 saturated carbocycles. The molecule has 1 rings (SSSR count). The fraction of sp³-hybridized carbons (Fsp3) is 0.476. The van der Waals surface area contributed by atoms with Gasteiger partial charge in [0.2, 0.25) is 0 Å². The zero-order valence-electron chi connectivity index (χ0n) is 19.7. The van der Waals surface area contributed by atoms with E-state index in [0.29, 0.717) is 4.90 Å². The van der Waals surface area contributed by atoms with Gasteiger partial charge in [0.1, 0.15) is 26.2 Å². The molecule has 0 aromatic heterocycles. The van der Waals surface area contributed by atoms with E-state index >= 15 is 0 Å². The molecule has 212 valence electrons. The first-order valence-corrected chi connectivity index (χ1v) is 10.6. The lowest BCUT2D eigenvalue weighted by Gasteiger charge is -2.28. The monoisotopic (exact) mass is 591 g/mol. The van der Waals surface area contributed by atoms with Gasteiger partial charge in [0.25, 0.3) is 0 Å². The summed E-state index contributed by atoms with van der Waals surface area (Å²) in [7, 11) is 0. The molecule has 0 fully saturated rings. The maximum Gasteiger partial charge on any atom is 0.362 e. The number of hydrogen-bond donors (Lipinski definition) is 8. The third kappa shape index (κ3) is 17.4. The molecule has 1 aromatic carbocycles. The van der Waals surface area contributed by atoms with Crippen LogP contribution in [0.5, 0.6) is 0 Å². The standard InChI is InChI=1S/C21H29N3O10.3ClH/c25-17(26)11-22(12-18(27)28)6-8-24(9-7-23(13-19(29)30)14-20(31)32)16(21(33)34)10-15-4-2-1-3-5-15;;;/h1-5,16H,6-14H2,(H,25,26)(H,27,28)(H,29,30)(H,31,32)(H,33,34);3*1H/t16-;;;/m1.../s1. The Balaban J connectivity index is -0.00000385. The zero-order chi connectivity index (χ0) is 25.7. The molecule has 0 unspecified atom stereocenters. The summed E-state index contributed by atoms with van der Waals surface area (Å²) in [6.07, 6.45) is 0.131. The predicted octanol–water partition coefficient (Wildman–Crippen LogP) is -14.3. The van der Waals surface area contributed by atoms with Crippen LogP contribution in [-0.2, 0) is 30.4 Å². The number of halogens is 3. The minimum Gasteiger partial charge on any atom is -1.00 e. The van der Waals surface area contributed by atoms with Gasteiger partial charge in [-0.05, 0) is 5.56 Å². The van der Waals surface area contributed by atoms with Crippen molar-refractivity contribution in [2.24, 2.45) is 0 Å². The van der Waals surface area contributed by atoms with Gasteiger partial charge in [-0.2, -0.15) is 0 Å². The van der Waals surface area contributed by atoms with Crippen LogP contribution < -0.4 is 51.9 Å². The zero-order valence-corrected chi connectivity index (χ0v) is 22.0. The number of carboxylic acids is 5. The van der Waals surface area contributed by atoms with Crippen molar-refractivity contribution in [3.05, 3.63) is 35.9 Å². The van der Waals surface area contributed by atoms with Gasteiger partial charge in [0.15, 0.2) is 32.2 Å². The Morgan fingerprint density at radius 2 is 0.946 bits per heavy atom. The molecule has 0 amide bonds. The first kappa shape index (κ1) is 38.8. The third-order valence-electron chi connectivity index (χ3n) is 5.28. The fourth-order valence-electron chi connectivity index (χ4n) is 3.74. The lowest BCUT2D eigenvalue weighted by molar-refractivity contribution is -0.982. The van der Waals surface area contributed by atoms with Crippen LogP contribution in [0.4, 0.5) is 0 Å². The van der Waals surface area contributed by atoms with Gasteiger partial charge in [0.05, 0.1) is 0 Å². The molecule has 0 radical (unpaired) electrons. The van der Waals surface area contributed by atoms with Crippen LogP contribution in [0, 0.1) is 0 Å². The number of nitrogens with one attached hydrogen (secondary N) is 3. The average Bonchev–Trinajstić information content (AvgIpc) is 2.71. The van der Waals surface area contributed by atoms with E-state index in [4.69, 9.17) is 20.4 Å². The molecule has 0 aliphatic rings. The molecule has 1 aromatic rings. The van der Waals surface area contributed by atoms with E-state index in [1.54, 1.807) is 30.3 Å². The van der Waals surface area contributed by atoms with E-state index in [1.807, 2.05) is 0 Å². The summed E-state index contributed by atoms with van der Waals surface area (Å²) >= 11 is 0. The quantitative estimate of drug-likeness (QED) is 0.0809. The lowest BCUT2D eigenvalue weighted by atomic mass is 10.0. The molecule has 0 bridgehead atoms.